The first-order valence-corrected chi connectivity index (χ1v) is 4.82. The molecule has 14 heavy (non-hydrogen) atoms. The molecular formula is C10H14FN3. The van der Waals surface area contributed by atoms with Gasteiger partial charge in [0.25, 0.3) is 0 Å². The lowest BCUT2D eigenvalue weighted by Gasteiger charge is -2.17. The molecule has 1 aromatic heterocycles. The fraction of sp³-hybridized carbons (Fsp3) is 0.500. The van der Waals surface area contributed by atoms with Crippen molar-refractivity contribution in [2.75, 3.05) is 25.0 Å². The van der Waals surface area contributed by atoms with E-state index in [9.17, 15) is 4.39 Å². The molecule has 3 nitrogen and oxygen atoms in total. The zero-order chi connectivity index (χ0) is 9.97. The minimum absolute atomic E-state index is 0.268. The van der Waals surface area contributed by atoms with E-state index in [4.69, 9.17) is 0 Å². The van der Waals surface area contributed by atoms with Crippen LogP contribution in [0.1, 0.15) is 6.42 Å². The lowest BCUT2D eigenvalue weighted by Crippen LogP contribution is -2.29. The smallest absolute Gasteiger partial charge is 0.143 e. The topological polar surface area (TPSA) is 28.2 Å². The van der Waals surface area contributed by atoms with Gasteiger partial charge in [0.2, 0.25) is 0 Å². The first kappa shape index (κ1) is 9.40. The predicted molar refractivity (Wildman–Crippen MR) is 53.9 cm³/mol. The lowest BCUT2D eigenvalue weighted by molar-refractivity contribution is 0.614. The summed E-state index contributed by atoms with van der Waals surface area (Å²) in [6.07, 6.45) is 4.04. The second-order valence-electron chi connectivity index (χ2n) is 3.58. The van der Waals surface area contributed by atoms with Crippen LogP contribution < -0.4 is 10.2 Å². The van der Waals surface area contributed by atoms with E-state index in [1.54, 1.807) is 6.20 Å². The standard InChI is InChI=1S/C10H14FN3/c1-12-9-2-3-14(7-9)10-4-8(11)5-13-6-10/h4-6,9,12H,2-3,7H2,1H3/t9-/m1/s1. The Bertz CT molecular complexity index is 316. The van der Waals surface area contributed by atoms with Crippen molar-refractivity contribution in [3.63, 3.8) is 0 Å². The van der Waals surface area contributed by atoms with Gasteiger partial charge < -0.3 is 10.2 Å². The molecule has 0 aromatic carbocycles. The van der Waals surface area contributed by atoms with E-state index in [-0.39, 0.29) is 5.82 Å². The molecule has 1 N–H and O–H groups in total. The molecule has 0 saturated carbocycles. The zero-order valence-electron chi connectivity index (χ0n) is 8.20. The maximum Gasteiger partial charge on any atom is 0.143 e. The largest absolute Gasteiger partial charge is 0.369 e. The van der Waals surface area contributed by atoms with Crippen molar-refractivity contribution in [3.05, 3.63) is 24.3 Å². The Morgan fingerprint density at radius 1 is 1.57 bits per heavy atom. The molecule has 1 saturated heterocycles. The molecule has 2 heterocycles. The Morgan fingerprint density at radius 2 is 2.43 bits per heavy atom. The van der Waals surface area contributed by atoms with Gasteiger partial charge in [0.1, 0.15) is 5.82 Å². The van der Waals surface area contributed by atoms with Gasteiger partial charge in [-0.3, -0.25) is 4.98 Å². The monoisotopic (exact) mass is 195 g/mol. The molecule has 76 valence electrons. The van der Waals surface area contributed by atoms with E-state index in [0.717, 1.165) is 25.2 Å². The maximum atomic E-state index is 12.9. The second-order valence-corrected chi connectivity index (χ2v) is 3.58. The van der Waals surface area contributed by atoms with Crippen LogP contribution in [0.25, 0.3) is 0 Å². The molecule has 0 bridgehead atoms. The highest BCUT2D eigenvalue weighted by Crippen LogP contribution is 2.19. The van der Waals surface area contributed by atoms with E-state index < -0.39 is 0 Å². The summed E-state index contributed by atoms with van der Waals surface area (Å²) in [4.78, 5) is 5.99. The van der Waals surface area contributed by atoms with Crippen molar-refractivity contribution in [1.82, 2.24) is 10.3 Å². The normalized spacial score (nSPS) is 21.6. The minimum atomic E-state index is -0.268. The molecule has 0 spiro atoms. The molecule has 4 heteroatoms. The molecule has 0 aliphatic carbocycles. The Labute approximate surface area is 82.9 Å². The minimum Gasteiger partial charge on any atom is -0.369 e. The van der Waals surface area contributed by atoms with Crippen LogP contribution in [0.5, 0.6) is 0 Å². The van der Waals surface area contributed by atoms with Gasteiger partial charge >= 0.3 is 0 Å². The number of nitrogens with one attached hydrogen (secondary N) is 1. The van der Waals surface area contributed by atoms with E-state index in [2.05, 4.69) is 15.2 Å². The summed E-state index contributed by atoms with van der Waals surface area (Å²) < 4.78 is 12.9. The van der Waals surface area contributed by atoms with Crippen molar-refractivity contribution in [3.8, 4) is 0 Å². The van der Waals surface area contributed by atoms with Crippen LogP contribution in [-0.4, -0.2) is 31.2 Å². The van der Waals surface area contributed by atoms with Gasteiger partial charge in [-0.15, -0.1) is 0 Å². The molecule has 0 amide bonds. The molecule has 2 rings (SSSR count). The summed E-state index contributed by atoms with van der Waals surface area (Å²) in [5.41, 5.74) is 0.878. The van der Waals surface area contributed by atoms with Gasteiger partial charge in [-0.25, -0.2) is 4.39 Å². The summed E-state index contributed by atoms with van der Waals surface area (Å²) in [5.74, 6) is -0.268. The molecule has 1 fully saturated rings. The van der Waals surface area contributed by atoms with Crippen LogP contribution in [0.4, 0.5) is 10.1 Å². The van der Waals surface area contributed by atoms with Crippen molar-refractivity contribution in [2.24, 2.45) is 0 Å². The van der Waals surface area contributed by atoms with Gasteiger partial charge in [-0.2, -0.15) is 0 Å². The van der Waals surface area contributed by atoms with Crippen molar-refractivity contribution >= 4 is 5.69 Å². The summed E-state index contributed by atoms with van der Waals surface area (Å²) in [7, 11) is 1.96. The van der Waals surface area contributed by atoms with Crippen LogP contribution in [-0.2, 0) is 0 Å². The van der Waals surface area contributed by atoms with E-state index in [1.807, 2.05) is 7.05 Å². The highest BCUT2D eigenvalue weighted by Gasteiger charge is 2.21. The SMILES string of the molecule is CN[C@@H]1CCN(c2cncc(F)c2)C1. The first-order valence-electron chi connectivity index (χ1n) is 4.82. The van der Waals surface area contributed by atoms with E-state index in [0.29, 0.717) is 6.04 Å². The van der Waals surface area contributed by atoms with Crippen molar-refractivity contribution in [2.45, 2.75) is 12.5 Å². The average molecular weight is 195 g/mol. The number of anilines is 1. The summed E-state index contributed by atoms with van der Waals surface area (Å²) in [5, 5.41) is 3.22. The van der Waals surface area contributed by atoms with Gasteiger partial charge in [0, 0.05) is 25.2 Å². The predicted octanol–water partition coefficient (Wildman–Crippen LogP) is 1.02. The van der Waals surface area contributed by atoms with Crippen molar-refractivity contribution < 1.29 is 4.39 Å². The fourth-order valence-electron chi connectivity index (χ4n) is 1.80. The number of aromatic nitrogens is 1. The van der Waals surface area contributed by atoms with E-state index in [1.165, 1.54) is 12.3 Å². The molecular weight excluding hydrogens is 181 g/mol. The Kier molecular flexibility index (Phi) is 2.63. The lowest BCUT2D eigenvalue weighted by atomic mass is 10.3. The number of hydrogen-bond acceptors (Lipinski definition) is 3. The zero-order valence-corrected chi connectivity index (χ0v) is 8.20. The Balaban J connectivity index is 2.09. The summed E-state index contributed by atoms with van der Waals surface area (Å²) in [6, 6.07) is 2.05. The molecule has 0 radical (unpaired) electrons. The number of hydrogen-bond donors (Lipinski definition) is 1. The van der Waals surface area contributed by atoms with Crippen LogP contribution in [0.3, 0.4) is 0 Å². The molecule has 1 aliphatic heterocycles. The van der Waals surface area contributed by atoms with Crippen LogP contribution >= 0.6 is 0 Å². The van der Waals surface area contributed by atoms with Crippen LogP contribution in [0.15, 0.2) is 18.5 Å². The third-order valence-corrected chi connectivity index (χ3v) is 2.65. The number of likely N-dealkylation sites (N-methyl/N-ethyl adjacent to an activating group) is 1. The summed E-state index contributed by atoms with van der Waals surface area (Å²) >= 11 is 0. The Hall–Kier alpha value is -1.16. The molecule has 0 unspecified atom stereocenters. The summed E-state index contributed by atoms with van der Waals surface area (Å²) in [6.45, 7) is 1.90. The first-order chi connectivity index (χ1) is 6.79. The number of nitrogens with zero attached hydrogens (tertiary/aromatic N) is 2. The molecule has 1 aliphatic rings. The number of halogens is 1. The van der Waals surface area contributed by atoms with Gasteiger partial charge in [-0.05, 0) is 13.5 Å². The van der Waals surface area contributed by atoms with Gasteiger partial charge in [0.15, 0.2) is 0 Å². The fourth-order valence-corrected chi connectivity index (χ4v) is 1.80. The third-order valence-electron chi connectivity index (χ3n) is 2.65. The third kappa shape index (κ3) is 1.85. The van der Waals surface area contributed by atoms with Gasteiger partial charge in [-0.1, -0.05) is 0 Å². The number of rotatable bonds is 2. The highest BCUT2D eigenvalue weighted by molar-refractivity contribution is 5.45. The average Bonchev–Trinajstić information content (AvgIpc) is 2.66. The quantitative estimate of drug-likeness (QED) is 0.763. The van der Waals surface area contributed by atoms with Crippen LogP contribution in [0, 0.1) is 5.82 Å². The molecule has 1 atom stereocenters. The highest BCUT2D eigenvalue weighted by atomic mass is 19.1. The van der Waals surface area contributed by atoms with Crippen LogP contribution in [0.2, 0.25) is 0 Å². The van der Waals surface area contributed by atoms with Crippen molar-refractivity contribution in [1.29, 1.82) is 0 Å². The second kappa shape index (κ2) is 3.92. The van der Waals surface area contributed by atoms with Gasteiger partial charge in [0.05, 0.1) is 18.1 Å². The maximum absolute atomic E-state index is 12.9. The Morgan fingerprint density at radius 3 is 3.07 bits per heavy atom. The van der Waals surface area contributed by atoms with E-state index >= 15 is 0 Å². The number of pyridine rings is 1. The molecule has 1 aromatic rings.